The second kappa shape index (κ2) is 8.12. The lowest BCUT2D eigenvalue weighted by molar-refractivity contribution is 0.145. The van der Waals surface area contributed by atoms with Crippen LogP contribution >= 0.6 is 0 Å². The highest BCUT2D eigenvalue weighted by Gasteiger charge is 2.31. The fourth-order valence-corrected chi connectivity index (χ4v) is 3.73. The lowest BCUT2D eigenvalue weighted by Crippen LogP contribution is -2.28. The maximum atomic E-state index is 14.8. The van der Waals surface area contributed by atoms with Gasteiger partial charge in [0.15, 0.2) is 0 Å². The molecule has 0 bridgehead atoms. The van der Waals surface area contributed by atoms with Crippen molar-refractivity contribution in [2.24, 2.45) is 5.73 Å². The second-order valence-corrected chi connectivity index (χ2v) is 7.22. The van der Waals surface area contributed by atoms with Crippen molar-refractivity contribution < 1.29 is 13.9 Å². The van der Waals surface area contributed by atoms with E-state index in [9.17, 15) is 9.18 Å². The number of carbonyl (C=O) groups excluding carboxylic acids is 1. The molecule has 1 saturated heterocycles. The monoisotopic (exact) mass is 381 g/mol. The van der Waals surface area contributed by atoms with Crippen LogP contribution in [0, 0.1) is 5.82 Å². The van der Waals surface area contributed by atoms with Gasteiger partial charge < -0.3 is 10.5 Å². The van der Waals surface area contributed by atoms with Crippen molar-refractivity contribution in [3.63, 3.8) is 0 Å². The lowest BCUT2D eigenvalue weighted by atomic mass is 9.98. The minimum Gasteiger partial charge on any atom is -0.443 e. The van der Waals surface area contributed by atoms with E-state index >= 15 is 0 Å². The summed E-state index contributed by atoms with van der Waals surface area (Å²) in [6.07, 6.45) is 2.08. The second-order valence-electron chi connectivity index (χ2n) is 7.22. The zero-order valence-electron chi connectivity index (χ0n) is 15.7. The average molecular weight is 381 g/mol. The number of nitrogens with two attached hydrogens (primary N) is 1. The van der Waals surface area contributed by atoms with Gasteiger partial charge in [-0.2, -0.15) is 0 Å². The highest BCUT2D eigenvalue weighted by molar-refractivity contribution is 5.90. The Bertz CT molecular complexity index is 885. The summed E-state index contributed by atoms with van der Waals surface area (Å²) in [7, 11) is 0. The Kier molecular flexibility index (Phi) is 5.41. The summed E-state index contributed by atoms with van der Waals surface area (Å²) in [5.74, 6) is -0.316. The predicted octanol–water partition coefficient (Wildman–Crippen LogP) is 3.40. The van der Waals surface area contributed by atoms with Crippen LogP contribution in [0.1, 0.15) is 17.5 Å². The van der Waals surface area contributed by atoms with Crippen LogP contribution in [0.3, 0.4) is 0 Å². The Balaban J connectivity index is 1.44. The van der Waals surface area contributed by atoms with Gasteiger partial charge in [-0.1, -0.05) is 36.4 Å². The van der Waals surface area contributed by atoms with Gasteiger partial charge in [0.25, 0.3) is 0 Å². The van der Waals surface area contributed by atoms with Crippen LogP contribution in [0.5, 0.6) is 0 Å². The molecule has 1 amide bonds. The van der Waals surface area contributed by atoms with E-state index in [1.165, 1.54) is 16.5 Å². The molecule has 1 fully saturated rings. The number of amides is 1. The number of rotatable bonds is 5. The summed E-state index contributed by atoms with van der Waals surface area (Å²) in [5, 5.41) is 0. The summed E-state index contributed by atoms with van der Waals surface area (Å²) >= 11 is 0. The molecule has 0 aliphatic carbocycles. The lowest BCUT2D eigenvalue weighted by Gasteiger charge is -2.27. The number of halogens is 1. The van der Waals surface area contributed by atoms with Crippen LogP contribution < -0.4 is 10.6 Å². The van der Waals surface area contributed by atoms with Gasteiger partial charge in [0.1, 0.15) is 11.9 Å². The van der Waals surface area contributed by atoms with E-state index in [1.54, 1.807) is 12.1 Å². The predicted molar refractivity (Wildman–Crippen MR) is 107 cm³/mol. The SMILES string of the molecule is NCC1CN(c2ccc(C3=CCN(Cc4ccccc4)CC3)c(F)c2)C(=O)O1. The molecular weight excluding hydrogens is 357 g/mol. The van der Waals surface area contributed by atoms with E-state index < -0.39 is 6.09 Å². The van der Waals surface area contributed by atoms with Crippen molar-refractivity contribution in [1.82, 2.24) is 4.90 Å². The highest BCUT2D eigenvalue weighted by Crippen LogP contribution is 2.29. The van der Waals surface area contributed by atoms with Crippen molar-refractivity contribution in [3.05, 3.63) is 71.6 Å². The maximum absolute atomic E-state index is 14.8. The molecule has 2 aromatic carbocycles. The standard InChI is InChI=1S/C22H24FN3O2/c23-21-12-18(26-15-19(13-24)28-22(26)27)6-7-20(21)17-8-10-25(11-9-17)14-16-4-2-1-3-5-16/h1-8,12,19H,9-11,13-15,24H2. The summed E-state index contributed by atoms with van der Waals surface area (Å²) < 4.78 is 19.9. The maximum Gasteiger partial charge on any atom is 0.414 e. The van der Waals surface area contributed by atoms with E-state index in [4.69, 9.17) is 10.5 Å². The Hall–Kier alpha value is -2.70. The number of carbonyl (C=O) groups is 1. The van der Waals surface area contributed by atoms with Crippen molar-refractivity contribution in [2.45, 2.75) is 19.1 Å². The average Bonchev–Trinajstić information content (AvgIpc) is 3.10. The molecule has 0 radical (unpaired) electrons. The van der Waals surface area contributed by atoms with Crippen LogP contribution in [-0.2, 0) is 11.3 Å². The third kappa shape index (κ3) is 3.93. The first kappa shape index (κ1) is 18.7. The van der Waals surface area contributed by atoms with Crippen molar-refractivity contribution in [3.8, 4) is 0 Å². The number of hydrogen-bond donors (Lipinski definition) is 1. The van der Waals surface area contributed by atoms with Gasteiger partial charge in [0, 0.05) is 31.7 Å². The number of anilines is 1. The van der Waals surface area contributed by atoms with Gasteiger partial charge in [0.2, 0.25) is 0 Å². The molecule has 2 aliphatic heterocycles. The number of nitrogens with zero attached hydrogens (tertiary/aromatic N) is 2. The number of hydrogen-bond acceptors (Lipinski definition) is 4. The van der Waals surface area contributed by atoms with E-state index in [-0.39, 0.29) is 18.5 Å². The van der Waals surface area contributed by atoms with Crippen LogP contribution in [0.4, 0.5) is 14.9 Å². The molecule has 146 valence electrons. The molecule has 0 spiro atoms. The molecule has 1 unspecified atom stereocenters. The van der Waals surface area contributed by atoms with Crippen molar-refractivity contribution >= 4 is 17.4 Å². The summed E-state index contributed by atoms with van der Waals surface area (Å²) in [4.78, 5) is 15.7. The fourth-order valence-electron chi connectivity index (χ4n) is 3.73. The largest absolute Gasteiger partial charge is 0.443 e. The Morgan fingerprint density at radius 1 is 1.18 bits per heavy atom. The van der Waals surface area contributed by atoms with Crippen LogP contribution in [0.2, 0.25) is 0 Å². The molecule has 2 N–H and O–H groups in total. The molecule has 5 nitrogen and oxygen atoms in total. The minimum atomic E-state index is -0.476. The number of cyclic esters (lactones) is 1. The van der Waals surface area contributed by atoms with Crippen LogP contribution in [0.15, 0.2) is 54.6 Å². The summed E-state index contributed by atoms with van der Waals surface area (Å²) in [6, 6.07) is 15.3. The molecule has 28 heavy (non-hydrogen) atoms. The summed E-state index contributed by atoms with van der Waals surface area (Å²) in [6.45, 7) is 3.19. The highest BCUT2D eigenvalue weighted by atomic mass is 19.1. The van der Waals surface area contributed by atoms with Gasteiger partial charge in [-0.15, -0.1) is 0 Å². The molecular formula is C22H24FN3O2. The Morgan fingerprint density at radius 3 is 2.64 bits per heavy atom. The zero-order valence-corrected chi connectivity index (χ0v) is 15.7. The topological polar surface area (TPSA) is 58.8 Å². The van der Waals surface area contributed by atoms with E-state index in [1.807, 2.05) is 18.2 Å². The normalized spacial score (nSPS) is 20.2. The van der Waals surface area contributed by atoms with Crippen molar-refractivity contribution in [1.29, 1.82) is 0 Å². The number of benzene rings is 2. The first-order valence-corrected chi connectivity index (χ1v) is 9.57. The minimum absolute atomic E-state index is 0.259. The van der Waals surface area contributed by atoms with Gasteiger partial charge in [-0.05, 0) is 35.8 Å². The zero-order chi connectivity index (χ0) is 19.5. The van der Waals surface area contributed by atoms with E-state index in [2.05, 4.69) is 23.1 Å². The molecule has 1 atom stereocenters. The Labute approximate surface area is 164 Å². The molecule has 2 aromatic rings. The first-order chi connectivity index (χ1) is 13.6. The van der Waals surface area contributed by atoms with Gasteiger partial charge >= 0.3 is 6.09 Å². The van der Waals surface area contributed by atoms with E-state index in [0.717, 1.165) is 31.6 Å². The van der Waals surface area contributed by atoms with Crippen molar-refractivity contribution in [2.75, 3.05) is 31.1 Å². The number of ether oxygens (including phenoxy) is 1. The van der Waals surface area contributed by atoms with Crippen LogP contribution in [-0.4, -0.2) is 43.3 Å². The van der Waals surface area contributed by atoms with Gasteiger partial charge in [-0.3, -0.25) is 9.80 Å². The third-order valence-electron chi connectivity index (χ3n) is 5.29. The van der Waals surface area contributed by atoms with Gasteiger partial charge in [0.05, 0.1) is 12.2 Å². The van der Waals surface area contributed by atoms with E-state index in [0.29, 0.717) is 17.8 Å². The first-order valence-electron chi connectivity index (χ1n) is 9.57. The molecule has 2 heterocycles. The van der Waals surface area contributed by atoms with Crippen LogP contribution in [0.25, 0.3) is 5.57 Å². The van der Waals surface area contributed by atoms with Gasteiger partial charge in [-0.25, -0.2) is 9.18 Å². The molecule has 4 rings (SSSR count). The fraction of sp³-hybridized carbons (Fsp3) is 0.318. The quantitative estimate of drug-likeness (QED) is 0.862. The third-order valence-corrected chi connectivity index (χ3v) is 5.29. The molecule has 0 saturated carbocycles. The Morgan fingerprint density at radius 2 is 2.00 bits per heavy atom. The molecule has 2 aliphatic rings. The molecule has 0 aromatic heterocycles. The smallest absolute Gasteiger partial charge is 0.414 e. The molecule has 6 heteroatoms. The summed E-state index contributed by atoms with van der Waals surface area (Å²) in [5.41, 5.74) is 8.96.